The van der Waals surface area contributed by atoms with Crippen LogP contribution in [0.3, 0.4) is 0 Å². The number of rotatable bonds is 5. The second-order valence-corrected chi connectivity index (χ2v) is 15.4. The summed E-state index contributed by atoms with van der Waals surface area (Å²) in [7, 11) is 0. The molecular weight excluding hydrogens is 701 g/mol. The number of fused-ring (bicyclic) bond motifs is 8. The van der Waals surface area contributed by atoms with Crippen molar-refractivity contribution >= 4 is 65.2 Å². The Bertz CT molecular complexity index is 3240. The van der Waals surface area contributed by atoms with Gasteiger partial charge in [0.05, 0.1) is 22.1 Å². The van der Waals surface area contributed by atoms with Crippen molar-refractivity contribution in [2.75, 3.05) is 0 Å². The molecular formula is C56H36N2. The minimum Gasteiger partial charge on any atom is -0.309 e. The molecule has 270 valence electrons. The Balaban J connectivity index is 1.17. The zero-order chi connectivity index (χ0) is 38.2. The van der Waals surface area contributed by atoms with E-state index >= 15 is 0 Å². The Morgan fingerprint density at radius 3 is 0.914 bits per heavy atom. The van der Waals surface area contributed by atoms with Crippen LogP contribution in [0.5, 0.6) is 0 Å². The lowest BCUT2D eigenvalue weighted by molar-refractivity contribution is 1.13. The van der Waals surface area contributed by atoms with E-state index in [1.807, 2.05) is 0 Å². The van der Waals surface area contributed by atoms with Crippen LogP contribution in [0.1, 0.15) is 0 Å². The number of hydrogen-bond donors (Lipinski definition) is 0. The molecule has 2 heteroatoms. The summed E-state index contributed by atoms with van der Waals surface area (Å²) in [5.74, 6) is 0. The number of aromatic nitrogens is 2. The van der Waals surface area contributed by atoms with Crippen molar-refractivity contribution in [1.82, 2.24) is 9.13 Å². The summed E-state index contributed by atoms with van der Waals surface area (Å²) in [6.45, 7) is 0. The van der Waals surface area contributed by atoms with Gasteiger partial charge in [-0.1, -0.05) is 146 Å². The molecule has 0 unspecified atom stereocenters. The van der Waals surface area contributed by atoms with E-state index < -0.39 is 0 Å². The van der Waals surface area contributed by atoms with E-state index in [-0.39, 0.29) is 0 Å². The third-order valence-corrected chi connectivity index (χ3v) is 12.0. The molecule has 0 N–H and O–H groups in total. The molecule has 0 aliphatic carbocycles. The summed E-state index contributed by atoms with van der Waals surface area (Å²) >= 11 is 0. The second kappa shape index (κ2) is 12.9. The lowest BCUT2D eigenvalue weighted by Gasteiger charge is -2.17. The molecule has 12 aromatic rings. The van der Waals surface area contributed by atoms with E-state index in [0.717, 1.165) is 16.9 Å². The van der Waals surface area contributed by atoms with Crippen LogP contribution < -0.4 is 0 Å². The maximum atomic E-state index is 2.45. The molecule has 0 aliphatic rings. The first-order valence-corrected chi connectivity index (χ1v) is 20.0. The molecule has 0 aliphatic heterocycles. The van der Waals surface area contributed by atoms with E-state index in [9.17, 15) is 0 Å². The van der Waals surface area contributed by atoms with Crippen LogP contribution in [0.4, 0.5) is 0 Å². The number of hydrogen-bond acceptors (Lipinski definition) is 0. The first-order chi connectivity index (χ1) is 28.7. The normalized spacial score (nSPS) is 11.8. The third-order valence-electron chi connectivity index (χ3n) is 12.0. The van der Waals surface area contributed by atoms with Gasteiger partial charge < -0.3 is 9.13 Å². The second-order valence-electron chi connectivity index (χ2n) is 15.4. The van der Waals surface area contributed by atoms with E-state index in [4.69, 9.17) is 0 Å². The van der Waals surface area contributed by atoms with Crippen molar-refractivity contribution in [3.8, 4) is 44.8 Å². The van der Waals surface area contributed by atoms with Gasteiger partial charge in [0.25, 0.3) is 0 Å². The molecule has 58 heavy (non-hydrogen) atoms. The van der Waals surface area contributed by atoms with E-state index in [2.05, 4.69) is 228 Å². The van der Waals surface area contributed by atoms with Crippen LogP contribution in [0.15, 0.2) is 218 Å². The number of nitrogens with zero attached hydrogens (tertiary/aromatic N) is 2. The maximum Gasteiger partial charge on any atom is 0.0541 e. The molecule has 0 radical (unpaired) electrons. The standard InChI is InChI=1S/C56H36N2/c1-3-15-39-29-41(27-25-37(39)13-1)43-31-44(42-28-26-38-14-2-4-16-40(38)30-42)33-45(32-43)46-34-47(57-53-21-9-5-17-49(53)50-18-6-10-22-54(50)57)36-48(35-46)58-55-23-11-7-19-51(55)52-20-8-12-24-56(52)58/h1-36H. The Morgan fingerprint density at radius 1 is 0.207 bits per heavy atom. The Morgan fingerprint density at radius 2 is 0.517 bits per heavy atom. The Labute approximate surface area is 336 Å². The van der Waals surface area contributed by atoms with Gasteiger partial charge in [-0.3, -0.25) is 0 Å². The smallest absolute Gasteiger partial charge is 0.0541 e. The van der Waals surface area contributed by atoms with Crippen LogP contribution in [-0.2, 0) is 0 Å². The molecule has 0 amide bonds. The fourth-order valence-electron chi connectivity index (χ4n) is 9.29. The molecule has 0 saturated carbocycles. The monoisotopic (exact) mass is 736 g/mol. The van der Waals surface area contributed by atoms with Crippen LogP contribution in [0, 0.1) is 0 Å². The lowest BCUT2D eigenvalue weighted by atomic mass is 9.91. The van der Waals surface area contributed by atoms with Crippen LogP contribution in [0.25, 0.3) is 110 Å². The topological polar surface area (TPSA) is 9.86 Å². The number of para-hydroxylation sites is 4. The molecule has 10 aromatic carbocycles. The van der Waals surface area contributed by atoms with Crippen molar-refractivity contribution in [2.45, 2.75) is 0 Å². The molecule has 2 aromatic heterocycles. The molecule has 2 heterocycles. The highest BCUT2D eigenvalue weighted by atomic mass is 15.0. The van der Waals surface area contributed by atoms with Crippen molar-refractivity contribution in [3.05, 3.63) is 218 Å². The SMILES string of the molecule is c1ccc2cc(-c3cc(-c4cc(-n5c6ccccc6c6ccccc65)cc(-n5c6ccccc6c6ccccc65)c4)cc(-c4ccc5ccccc5c4)c3)ccc2c1. The summed E-state index contributed by atoms with van der Waals surface area (Å²) in [4.78, 5) is 0. The van der Waals surface area contributed by atoms with Crippen LogP contribution in [0.2, 0.25) is 0 Å². The molecule has 0 spiro atoms. The van der Waals surface area contributed by atoms with Gasteiger partial charge in [-0.25, -0.2) is 0 Å². The first-order valence-electron chi connectivity index (χ1n) is 20.0. The zero-order valence-electron chi connectivity index (χ0n) is 31.7. The van der Waals surface area contributed by atoms with Gasteiger partial charge in [0.1, 0.15) is 0 Å². The third kappa shape index (κ3) is 5.19. The highest BCUT2D eigenvalue weighted by Gasteiger charge is 2.18. The Hall–Kier alpha value is -7.68. The zero-order valence-corrected chi connectivity index (χ0v) is 31.7. The van der Waals surface area contributed by atoms with Gasteiger partial charge in [-0.05, 0) is 128 Å². The van der Waals surface area contributed by atoms with Crippen LogP contribution >= 0.6 is 0 Å². The van der Waals surface area contributed by atoms with Crippen molar-refractivity contribution in [3.63, 3.8) is 0 Å². The Kier molecular flexibility index (Phi) is 7.26. The molecule has 0 saturated heterocycles. The average molecular weight is 737 g/mol. The fourth-order valence-corrected chi connectivity index (χ4v) is 9.29. The fraction of sp³-hybridized carbons (Fsp3) is 0. The average Bonchev–Trinajstić information content (AvgIpc) is 3.81. The van der Waals surface area contributed by atoms with E-state index in [1.165, 1.54) is 93.0 Å². The van der Waals surface area contributed by atoms with Crippen molar-refractivity contribution in [2.24, 2.45) is 0 Å². The van der Waals surface area contributed by atoms with E-state index in [1.54, 1.807) is 0 Å². The molecule has 0 atom stereocenters. The lowest BCUT2D eigenvalue weighted by Crippen LogP contribution is -2.00. The summed E-state index contributed by atoms with van der Waals surface area (Å²) in [5, 5.41) is 9.95. The molecule has 12 rings (SSSR count). The van der Waals surface area contributed by atoms with Gasteiger partial charge in [0.2, 0.25) is 0 Å². The van der Waals surface area contributed by atoms with Gasteiger partial charge in [-0.15, -0.1) is 0 Å². The highest BCUT2D eigenvalue weighted by Crippen LogP contribution is 2.40. The van der Waals surface area contributed by atoms with E-state index in [0.29, 0.717) is 0 Å². The van der Waals surface area contributed by atoms with Crippen LogP contribution in [-0.4, -0.2) is 9.13 Å². The van der Waals surface area contributed by atoms with Crippen molar-refractivity contribution in [1.29, 1.82) is 0 Å². The summed E-state index contributed by atoms with van der Waals surface area (Å²) in [5.41, 5.74) is 14.1. The molecule has 0 bridgehead atoms. The first kappa shape index (κ1) is 32.6. The van der Waals surface area contributed by atoms with Gasteiger partial charge in [0.15, 0.2) is 0 Å². The van der Waals surface area contributed by atoms with Gasteiger partial charge in [-0.2, -0.15) is 0 Å². The summed E-state index contributed by atoms with van der Waals surface area (Å²) in [6, 6.07) is 80.4. The maximum absolute atomic E-state index is 2.45. The molecule has 0 fully saturated rings. The van der Waals surface area contributed by atoms with Gasteiger partial charge >= 0.3 is 0 Å². The van der Waals surface area contributed by atoms with Gasteiger partial charge in [0, 0.05) is 32.9 Å². The number of benzene rings is 10. The minimum absolute atomic E-state index is 1.12. The predicted molar refractivity (Wildman–Crippen MR) is 246 cm³/mol. The predicted octanol–water partition coefficient (Wildman–Crippen LogP) is 15.2. The summed E-state index contributed by atoms with van der Waals surface area (Å²) < 4.78 is 4.89. The summed E-state index contributed by atoms with van der Waals surface area (Å²) in [6.07, 6.45) is 0. The molecule has 2 nitrogen and oxygen atoms in total. The largest absolute Gasteiger partial charge is 0.309 e. The highest BCUT2D eigenvalue weighted by molar-refractivity contribution is 6.11. The minimum atomic E-state index is 1.12. The quantitative estimate of drug-likeness (QED) is 0.167. The van der Waals surface area contributed by atoms with Crippen molar-refractivity contribution < 1.29 is 0 Å².